The van der Waals surface area contributed by atoms with Crippen molar-refractivity contribution in [2.24, 2.45) is 0 Å². The maximum absolute atomic E-state index is 10.6. The van der Waals surface area contributed by atoms with Gasteiger partial charge in [-0.2, -0.15) is 0 Å². The topological polar surface area (TPSA) is 71.5 Å². The first-order valence-corrected chi connectivity index (χ1v) is 7.08. The molecule has 1 aliphatic heterocycles. The number of fused-ring (bicyclic) bond motifs is 1. The number of nitrogens with one attached hydrogen (secondary N) is 1. The molecule has 0 fully saturated rings. The molecule has 94 valence electrons. The summed E-state index contributed by atoms with van der Waals surface area (Å²) in [6.45, 7) is 2.96. The lowest BCUT2D eigenvalue weighted by Gasteiger charge is -2.25. The summed E-state index contributed by atoms with van der Waals surface area (Å²) >= 11 is 0. The van der Waals surface area contributed by atoms with Gasteiger partial charge < -0.3 is 14.7 Å². The van der Waals surface area contributed by atoms with Gasteiger partial charge in [0.15, 0.2) is 0 Å². The molecule has 1 aliphatic rings. The second kappa shape index (κ2) is 5.63. The van der Waals surface area contributed by atoms with Crippen LogP contribution in [0.2, 0.25) is 0 Å². The molecule has 2 atom stereocenters. The number of rotatable bonds is 4. The van der Waals surface area contributed by atoms with Crippen LogP contribution in [0.15, 0.2) is 12.1 Å². The lowest BCUT2D eigenvalue weighted by molar-refractivity contribution is 0.399. The lowest BCUT2D eigenvalue weighted by atomic mass is 9.98. The summed E-state index contributed by atoms with van der Waals surface area (Å²) in [6.07, 6.45) is 3.10. The molecule has 2 heterocycles. The van der Waals surface area contributed by atoms with Crippen LogP contribution >= 0.6 is 8.25 Å². The highest BCUT2D eigenvalue weighted by Gasteiger charge is 2.19. The number of hydrogen-bond donors (Lipinski definition) is 2. The molecule has 0 saturated carbocycles. The Morgan fingerprint density at radius 3 is 3.18 bits per heavy atom. The molecule has 0 aromatic carbocycles. The van der Waals surface area contributed by atoms with E-state index < -0.39 is 8.25 Å². The monoisotopic (exact) mass is 256 g/mol. The van der Waals surface area contributed by atoms with Crippen molar-refractivity contribution >= 4 is 8.25 Å². The van der Waals surface area contributed by atoms with Crippen LogP contribution in [0.4, 0.5) is 0 Å². The van der Waals surface area contributed by atoms with E-state index in [9.17, 15) is 4.57 Å². The molecule has 0 aliphatic carbocycles. The van der Waals surface area contributed by atoms with Crippen LogP contribution in [0, 0.1) is 0 Å². The highest BCUT2D eigenvalue weighted by molar-refractivity contribution is 7.32. The van der Waals surface area contributed by atoms with Gasteiger partial charge in [0.1, 0.15) is 0 Å². The van der Waals surface area contributed by atoms with Crippen LogP contribution in [0.1, 0.15) is 31.0 Å². The molecule has 0 saturated heterocycles. The van der Waals surface area contributed by atoms with Crippen molar-refractivity contribution in [2.45, 2.75) is 38.8 Å². The SMILES string of the molecule is CCCC1Cc2nc(O[PH](=O)O)ccc2CN1. The van der Waals surface area contributed by atoms with E-state index in [-0.39, 0.29) is 5.88 Å². The first-order chi connectivity index (χ1) is 8.19. The third-order valence-corrected chi connectivity index (χ3v) is 3.28. The fourth-order valence-electron chi connectivity index (χ4n) is 2.11. The van der Waals surface area contributed by atoms with Gasteiger partial charge in [-0.3, -0.25) is 0 Å². The van der Waals surface area contributed by atoms with Crippen LogP contribution < -0.4 is 9.84 Å². The molecule has 0 bridgehead atoms. The van der Waals surface area contributed by atoms with E-state index >= 15 is 0 Å². The van der Waals surface area contributed by atoms with Crippen molar-refractivity contribution in [3.8, 4) is 5.88 Å². The average Bonchev–Trinajstić information content (AvgIpc) is 2.28. The molecule has 6 heteroatoms. The summed E-state index contributed by atoms with van der Waals surface area (Å²) in [5, 5.41) is 3.45. The molecule has 2 rings (SSSR count). The average molecular weight is 256 g/mol. The predicted molar refractivity (Wildman–Crippen MR) is 65.3 cm³/mol. The van der Waals surface area contributed by atoms with Gasteiger partial charge >= 0.3 is 8.25 Å². The Kier molecular flexibility index (Phi) is 4.15. The molecule has 17 heavy (non-hydrogen) atoms. The van der Waals surface area contributed by atoms with E-state index in [1.54, 1.807) is 6.07 Å². The fourth-order valence-corrected chi connectivity index (χ4v) is 2.40. The largest absolute Gasteiger partial charge is 0.408 e. The molecule has 1 aromatic heterocycles. The van der Waals surface area contributed by atoms with Gasteiger partial charge in [0.25, 0.3) is 0 Å². The standard InChI is InChI=1S/C11H17N2O3P/c1-2-3-9-6-10-8(7-12-9)4-5-11(13-10)16-17(14)15/h4-5,9,12,17H,2-3,6-7H2,1H3,(H,14,15). The molecule has 2 unspecified atom stereocenters. The smallest absolute Gasteiger partial charge is 0.366 e. The molecule has 0 amide bonds. The van der Waals surface area contributed by atoms with E-state index in [1.807, 2.05) is 6.07 Å². The maximum atomic E-state index is 10.6. The normalized spacial score (nSPS) is 20.7. The molecule has 1 aromatic rings. The van der Waals surface area contributed by atoms with Crippen molar-refractivity contribution in [1.82, 2.24) is 10.3 Å². The minimum atomic E-state index is -2.96. The summed E-state index contributed by atoms with van der Waals surface area (Å²) < 4.78 is 15.4. The van der Waals surface area contributed by atoms with Gasteiger partial charge in [-0.1, -0.05) is 19.4 Å². The van der Waals surface area contributed by atoms with Gasteiger partial charge in [0.05, 0.1) is 5.69 Å². The zero-order valence-electron chi connectivity index (χ0n) is 9.77. The van der Waals surface area contributed by atoms with Gasteiger partial charge in [0, 0.05) is 25.1 Å². The first-order valence-electron chi connectivity index (χ1n) is 5.82. The Labute approximate surface area is 101 Å². The minimum absolute atomic E-state index is 0.243. The molecule has 0 spiro atoms. The van der Waals surface area contributed by atoms with Crippen LogP contribution in [-0.4, -0.2) is 15.9 Å². The van der Waals surface area contributed by atoms with Gasteiger partial charge in [0.2, 0.25) is 5.88 Å². The van der Waals surface area contributed by atoms with Gasteiger partial charge in [-0.05, 0) is 12.0 Å². The number of pyridine rings is 1. The van der Waals surface area contributed by atoms with E-state index in [1.165, 1.54) is 0 Å². The van der Waals surface area contributed by atoms with E-state index in [4.69, 9.17) is 9.42 Å². The van der Waals surface area contributed by atoms with E-state index in [0.29, 0.717) is 6.04 Å². The second-order valence-electron chi connectivity index (χ2n) is 4.19. The third-order valence-electron chi connectivity index (χ3n) is 2.89. The minimum Gasteiger partial charge on any atom is -0.408 e. The number of nitrogens with zero attached hydrogens (tertiary/aromatic N) is 1. The highest BCUT2D eigenvalue weighted by atomic mass is 31.1. The Bertz CT molecular complexity index is 425. The fraction of sp³-hybridized carbons (Fsp3) is 0.545. The zero-order valence-corrected chi connectivity index (χ0v) is 10.8. The molecule has 2 N–H and O–H groups in total. The first kappa shape index (κ1) is 12.6. The second-order valence-corrected chi connectivity index (χ2v) is 4.93. The summed E-state index contributed by atoms with van der Waals surface area (Å²) in [4.78, 5) is 13.0. The van der Waals surface area contributed by atoms with Crippen LogP contribution in [0.3, 0.4) is 0 Å². The quantitative estimate of drug-likeness (QED) is 0.801. The Balaban J connectivity index is 2.14. The lowest BCUT2D eigenvalue weighted by Crippen LogP contribution is -2.35. The molecule has 0 radical (unpaired) electrons. The Morgan fingerprint density at radius 1 is 1.65 bits per heavy atom. The van der Waals surface area contributed by atoms with Crippen molar-refractivity contribution in [1.29, 1.82) is 0 Å². The van der Waals surface area contributed by atoms with E-state index in [2.05, 4.69) is 17.2 Å². The summed E-state index contributed by atoms with van der Waals surface area (Å²) in [5.74, 6) is 0.243. The highest BCUT2D eigenvalue weighted by Crippen LogP contribution is 2.24. The van der Waals surface area contributed by atoms with Crippen LogP contribution in [0.5, 0.6) is 5.88 Å². The summed E-state index contributed by atoms with van der Waals surface area (Å²) in [5.41, 5.74) is 2.12. The maximum Gasteiger partial charge on any atom is 0.366 e. The van der Waals surface area contributed by atoms with Gasteiger partial charge in [-0.15, -0.1) is 0 Å². The van der Waals surface area contributed by atoms with Crippen molar-refractivity contribution < 1.29 is 14.0 Å². The Morgan fingerprint density at radius 2 is 2.47 bits per heavy atom. The molecular formula is C11H17N2O3P. The number of aromatic nitrogens is 1. The van der Waals surface area contributed by atoms with Crippen LogP contribution in [0.25, 0.3) is 0 Å². The van der Waals surface area contributed by atoms with Crippen molar-refractivity contribution in [2.75, 3.05) is 0 Å². The van der Waals surface area contributed by atoms with E-state index in [0.717, 1.165) is 37.1 Å². The van der Waals surface area contributed by atoms with Crippen molar-refractivity contribution in [3.63, 3.8) is 0 Å². The summed E-state index contributed by atoms with van der Waals surface area (Å²) in [7, 11) is -2.96. The number of hydrogen-bond acceptors (Lipinski definition) is 4. The molecular weight excluding hydrogens is 239 g/mol. The molecule has 5 nitrogen and oxygen atoms in total. The third kappa shape index (κ3) is 3.28. The Hall–Kier alpha value is -0.900. The summed E-state index contributed by atoms with van der Waals surface area (Å²) in [6, 6.07) is 3.98. The van der Waals surface area contributed by atoms with Crippen molar-refractivity contribution in [3.05, 3.63) is 23.4 Å². The van der Waals surface area contributed by atoms with Crippen LogP contribution in [-0.2, 0) is 17.5 Å². The zero-order chi connectivity index (χ0) is 12.3. The van der Waals surface area contributed by atoms with Gasteiger partial charge in [-0.25, -0.2) is 9.55 Å². The predicted octanol–water partition coefficient (Wildman–Crippen LogP) is 1.66.